The summed E-state index contributed by atoms with van der Waals surface area (Å²) in [6.45, 7) is 6.78. The van der Waals surface area contributed by atoms with Crippen molar-refractivity contribution in [2.45, 2.75) is 36.3 Å². The molecule has 1 amide bonds. The molecule has 0 spiro atoms. The molecule has 1 aliphatic rings. The van der Waals surface area contributed by atoms with Crippen molar-refractivity contribution in [1.82, 2.24) is 4.90 Å². The molecule has 0 bridgehead atoms. The molecule has 1 fully saturated rings. The maximum Gasteiger partial charge on any atom is 0.253 e. The molecule has 1 aliphatic heterocycles. The minimum atomic E-state index is -3.45. The molecule has 0 aliphatic carbocycles. The minimum Gasteiger partial charge on any atom is -0.336 e. The van der Waals surface area contributed by atoms with Crippen LogP contribution in [0.15, 0.2) is 53.4 Å². The van der Waals surface area contributed by atoms with Crippen LogP contribution in [-0.4, -0.2) is 37.6 Å². The van der Waals surface area contributed by atoms with Gasteiger partial charge in [0.1, 0.15) is 5.25 Å². The maximum atomic E-state index is 12.6. The standard InChI is InChI=1S/C20H22ClNO3S/c1-20(2,3)15-6-4-14(5-7-15)19(23)22-12-18(13-22)26(24,25)17-10-8-16(21)9-11-17/h4-11,18H,12-13H2,1-3H3. The highest BCUT2D eigenvalue weighted by molar-refractivity contribution is 7.92. The van der Waals surface area contributed by atoms with Crippen LogP contribution < -0.4 is 0 Å². The van der Waals surface area contributed by atoms with E-state index < -0.39 is 15.1 Å². The second-order valence-corrected chi connectivity index (χ2v) is 10.3. The van der Waals surface area contributed by atoms with Crippen LogP contribution in [0.2, 0.25) is 5.02 Å². The average Bonchev–Trinajstić information content (AvgIpc) is 2.53. The lowest BCUT2D eigenvalue weighted by Crippen LogP contribution is -2.56. The number of carbonyl (C=O) groups is 1. The van der Waals surface area contributed by atoms with E-state index in [1.807, 2.05) is 24.3 Å². The topological polar surface area (TPSA) is 54.5 Å². The van der Waals surface area contributed by atoms with Gasteiger partial charge in [-0.3, -0.25) is 4.79 Å². The van der Waals surface area contributed by atoms with Crippen molar-refractivity contribution < 1.29 is 13.2 Å². The number of amides is 1. The fraction of sp³-hybridized carbons (Fsp3) is 0.350. The van der Waals surface area contributed by atoms with Crippen molar-refractivity contribution in [2.75, 3.05) is 13.1 Å². The zero-order valence-electron chi connectivity index (χ0n) is 15.1. The van der Waals surface area contributed by atoms with Crippen LogP contribution in [0, 0.1) is 0 Å². The Morgan fingerprint density at radius 1 is 1.00 bits per heavy atom. The second kappa shape index (κ2) is 6.71. The second-order valence-electron chi connectivity index (χ2n) is 7.66. The number of sulfone groups is 1. The van der Waals surface area contributed by atoms with E-state index in [-0.39, 0.29) is 29.3 Å². The number of nitrogens with zero attached hydrogens (tertiary/aromatic N) is 1. The zero-order chi connectivity index (χ0) is 19.1. The van der Waals surface area contributed by atoms with E-state index in [1.165, 1.54) is 12.1 Å². The average molecular weight is 392 g/mol. The molecule has 0 radical (unpaired) electrons. The van der Waals surface area contributed by atoms with Gasteiger partial charge in [0.05, 0.1) is 4.90 Å². The predicted molar refractivity (Wildman–Crippen MR) is 103 cm³/mol. The van der Waals surface area contributed by atoms with Crippen molar-refractivity contribution in [3.63, 3.8) is 0 Å². The molecule has 0 saturated carbocycles. The number of carbonyl (C=O) groups excluding carboxylic acids is 1. The van der Waals surface area contributed by atoms with Crippen molar-refractivity contribution in [3.05, 3.63) is 64.7 Å². The number of halogens is 1. The summed E-state index contributed by atoms with van der Waals surface area (Å²) in [6.07, 6.45) is 0. The Balaban J connectivity index is 1.67. The molecule has 138 valence electrons. The zero-order valence-corrected chi connectivity index (χ0v) is 16.6. The summed E-state index contributed by atoms with van der Waals surface area (Å²) in [5, 5.41) is -0.0745. The normalized spacial score (nSPS) is 15.6. The first kappa shape index (κ1) is 18.9. The Labute approximate surface area is 159 Å². The third-order valence-corrected chi connectivity index (χ3v) is 7.07. The van der Waals surface area contributed by atoms with E-state index in [9.17, 15) is 13.2 Å². The molecular weight excluding hydrogens is 370 g/mol. The van der Waals surface area contributed by atoms with Gasteiger partial charge < -0.3 is 4.90 Å². The number of hydrogen-bond donors (Lipinski definition) is 0. The Morgan fingerprint density at radius 2 is 1.54 bits per heavy atom. The van der Waals surface area contributed by atoms with Crippen LogP contribution >= 0.6 is 11.6 Å². The monoisotopic (exact) mass is 391 g/mol. The molecule has 6 heteroatoms. The number of hydrogen-bond acceptors (Lipinski definition) is 3. The molecule has 3 rings (SSSR count). The summed E-state index contributed by atoms with van der Waals surface area (Å²) < 4.78 is 25.2. The van der Waals surface area contributed by atoms with Gasteiger partial charge in [0.15, 0.2) is 9.84 Å². The lowest BCUT2D eigenvalue weighted by molar-refractivity contribution is 0.0659. The van der Waals surface area contributed by atoms with Crippen LogP contribution in [0.4, 0.5) is 0 Å². The molecule has 1 saturated heterocycles. The largest absolute Gasteiger partial charge is 0.336 e. The number of benzene rings is 2. The molecule has 26 heavy (non-hydrogen) atoms. The summed E-state index contributed by atoms with van der Waals surface area (Å²) >= 11 is 5.81. The van der Waals surface area contributed by atoms with Gasteiger partial charge in [-0.25, -0.2) is 8.42 Å². The Morgan fingerprint density at radius 3 is 2.04 bits per heavy atom. The molecule has 0 unspecified atom stereocenters. The smallest absolute Gasteiger partial charge is 0.253 e. The van der Waals surface area contributed by atoms with E-state index >= 15 is 0 Å². The summed E-state index contributed by atoms with van der Waals surface area (Å²) in [6, 6.07) is 13.7. The lowest BCUT2D eigenvalue weighted by Gasteiger charge is -2.38. The van der Waals surface area contributed by atoms with Crippen LogP contribution in [-0.2, 0) is 15.3 Å². The summed E-state index contributed by atoms with van der Waals surface area (Å²) in [5.74, 6) is -0.131. The third-order valence-electron chi connectivity index (χ3n) is 4.71. The molecule has 1 heterocycles. The molecule has 2 aromatic carbocycles. The maximum absolute atomic E-state index is 12.6. The fourth-order valence-corrected chi connectivity index (χ4v) is 4.69. The van der Waals surface area contributed by atoms with Crippen molar-refractivity contribution in [1.29, 1.82) is 0 Å². The highest BCUT2D eigenvalue weighted by Crippen LogP contribution is 2.27. The Bertz CT molecular complexity index is 907. The van der Waals surface area contributed by atoms with E-state index in [4.69, 9.17) is 11.6 Å². The van der Waals surface area contributed by atoms with Crippen molar-refractivity contribution in [3.8, 4) is 0 Å². The predicted octanol–water partition coefficient (Wildman–Crippen LogP) is 3.94. The lowest BCUT2D eigenvalue weighted by atomic mass is 9.86. The first-order valence-corrected chi connectivity index (χ1v) is 10.4. The van der Waals surface area contributed by atoms with Crippen LogP contribution in [0.5, 0.6) is 0 Å². The summed E-state index contributed by atoms with van der Waals surface area (Å²) in [5.41, 5.74) is 1.76. The first-order chi connectivity index (χ1) is 12.1. The molecule has 4 nitrogen and oxygen atoms in total. The Kier molecular flexibility index (Phi) is 4.88. The van der Waals surface area contributed by atoms with Gasteiger partial charge in [-0.15, -0.1) is 0 Å². The van der Waals surface area contributed by atoms with Crippen LogP contribution in [0.1, 0.15) is 36.7 Å². The van der Waals surface area contributed by atoms with Gasteiger partial charge in [0.25, 0.3) is 5.91 Å². The van der Waals surface area contributed by atoms with E-state index in [1.54, 1.807) is 17.0 Å². The highest BCUT2D eigenvalue weighted by atomic mass is 35.5. The molecule has 0 aromatic heterocycles. The number of rotatable bonds is 3. The van der Waals surface area contributed by atoms with Gasteiger partial charge in [-0.1, -0.05) is 44.5 Å². The minimum absolute atomic E-state index is 0.0239. The van der Waals surface area contributed by atoms with Crippen molar-refractivity contribution in [2.24, 2.45) is 0 Å². The van der Waals surface area contributed by atoms with E-state index in [0.717, 1.165) is 5.56 Å². The van der Waals surface area contributed by atoms with Gasteiger partial charge >= 0.3 is 0 Å². The molecule has 2 aromatic rings. The van der Waals surface area contributed by atoms with E-state index in [2.05, 4.69) is 20.8 Å². The van der Waals surface area contributed by atoms with Gasteiger partial charge in [-0.05, 0) is 47.4 Å². The quantitative estimate of drug-likeness (QED) is 0.796. The summed E-state index contributed by atoms with van der Waals surface area (Å²) in [7, 11) is -3.45. The van der Waals surface area contributed by atoms with Gasteiger partial charge in [-0.2, -0.15) is 0 Å². The van der Waals surface area contributed by atoms with Crippen LogP contribution in [0.25, 0.3) is 0 Å². The van der Waals surface area contributed by atoms with Crippen LogP contribution in [0.3, 0.4) is 0 Å². The third kappa shape index (κ3) is 3.64. The van der Waals surface area contributed by atoms with E-state index in [0.29, 0.717) is 10.6 Å². The fourth-order valence-electron chi connectivity index (χ4n) is 2.91. The van der Waals surface area contributed by atoms with Crippen molar-refractivity contribution >= 4 is 27.3 Å². The highest BCUT2D eigenvalue weighted by Gasteiger charge is 2.40. The number of likely N-dealkylation sites (tertiary alicyclic amines) is 1. The Hall–Kier alpha value is -1.85. The SMILES string of the molecule is CC(C)(C)c1ccc(C(=O)N2CC(S(=O)(=O)c3ccc(Cl)cc3)C2)cc1. The summed E-state index contributed by atoms with van der Waals surface area (Å²) in [4.78, 5) is 14.4. The molecule has 0 atom stereocenters. The first-order valence-electron chi connectivity index (χ1n) is 8.48. The van der Waals surface area contributed by atoms with Gasteiger partial charge in [0.2, 0.25) is 0 Å². The molecular formula is C20H22ClNO3S. The van der Waals surface area contributed by atoms with Gasteiger partial charge in [0, 0.05) is 23.7 Å². The molecule has 0 N–H and O–H groups in total.